The van der Waals surface area contributed by atoms with Gasteiger partial charge in [0.25, 0.3) is 0 Å². The fourth-order valence-electron chi connectivity index (χ4n) is 9.38. The van der Waals surface area contributed by atoms with E-state index in [0.29, 0.717) is 0 Å². The van der Waals surface area contributed by atoms with Crippen LogP contribution in [0.4, 0.5) is 0 Å². The van der Waals surface area contributed by atoms with E-state index in [9.17, 15) is 0 Å². The summed E-state index contributed by atoms with van der Waals surface area (Å²) in [4.78, 5) is 0. The molecule has 4 heteroatoms. The van der Waals surface area contributed by atoms with E-state index in [0.717, 1.165) is 11.1 Å². The van der Waals surface area contributed by atoms with Crippen molar-refractivity contribution in [1.82, 2.24) is 0 Å². The van der Waals surface area contributed by atoms with Crippen molar-refractivity contribution in [3.05, 3.63) is 252 Å². The van der Waals surface area contributed by atoms with E-state index in [-0.39, 0.29) is 55.6 Å². The van der Waals surface area contributed by atoms with Gasteiger partial charge in [-0.1, -0.05) is 184 Å². The van der Waals surface area contributed by atoms with Gasteiger partial charge in [0.15, 0.2) is 5.90 Å². The number of rotatable bonds is 6. The number of fused-ring (bicyclic) bond motifs is 6. The maximum Gasteiger partial charge on any atom is 1.00 e. The zero-order chi connectivity index (χ0) is 42.4. The van der Waals surface area contributed by atoms with Crippen LogP contribution in [0.5, 0.6) is 0 Å². The summed E-state index contributed by atoms with van der Waals surface area (Å²) in [7, 11) is -1.69. The normalized spacial score (nSPS) is 12.8. The minimum absolute atomic E-state index is 0. The Bertz CT molecular complexity index is 2580. The van der Waals surface area contributed by atoms with E-state index in [1.807, 2.05) is 24.3 Å². The SMILES string of the molecule is [Ag+].[Ag+].[C-]#Cc1cccc2c1C(C)(C)c1ccccc1-2.[C-]#Cc1cccc2c1C(C)(C)c1ccccc1-2.c1ccc([PH+](C[PH+](c2ccccc2)c2ccccc2)c2ccccc2)cc1. The summed E-state index contributed by atoms with van der Waals surface area (Å²) < 4.78 is 0. The molecule has 0 bridgehead atoms. The molecule has 2 aliphatic carbocycles. The van der Waals surface area contributed by atoms with Gasteiger partial charge in [0, 0.05) is 10.8 Å². The molecule has 0 heterocycles. The first-order chi connectivity index (χ1) is 29.7. The average molecular weight is 1040 g/mol. The van der Waals surface area contributed by atoms with Crippen LogP contribution in [0.15, 0.2) is 206 Å². The summed E-state index contributed by atoms with van der Waals surface area (Å²) in [6.07, 6.45) is 14.9. The molecule has 10 rings (SSSR count). The molecule has 2 aliphatic rings. The van der Waals surface area contributed by atoms with Gasteiger partial charge in [0.2, 0.25) is 0 Å². The predicted molar refractivity (Wildman–Crippen MR) is 266 cm³/mol. The summed E-state index contributed by atoms with van der Waals surface area (Å²) in [5.74, 6) is 6.38. The van der Waals surface area contributed by atoms with Gasteiger partial charge in [-0.25, -0.2) is 0 Å². The van der Waals surface area contributed by atoms with Gasteiger partial charge in [-0.3, -0.25) is 11.8 Å². The molecule has 0 amide bonds. The van der Waals surface area contributed by atoms with E-state index in [1.54, 1.807) is 0 Å². The molecule has 8 aromatic rings. The molecule has 0 nitrogen and oxygen atoms in total. The molecule has 8 aromatic carbocycles. The van der Waals surface area contributed by atoms with E-state index in [4.69, 9.17) is 12.8 Å². The first-order valence-corrected chi connectivity index (χ1v) is 24.4. The smallest absolute Gasteiger partial charge is 0.366 e. The fourth-order valence-corrected chi connectivity index (χ4v) is 17.1. The second-order valence-electron chi connectivity index (χ2n) is 16.6. The van der Waals surface area contributed by atoms with Crippen LogP contribution in [0, 0.1) is 24.7 Å². The zero-order valence-electron chi connectivity index (χ0n) is 35.9. The van der Waals surface area contributed by atoms with Crippen LogP contribution in [0.1, 0.15) is 61.1 Å². The Morgan fingerprint density at radius 1 is 0.349 bits per heavy atom. The Hall–Kier alpha value is -4.78. The number of hydrogen-bond acceptors (Lipinski definition) is 0. The Morgan fingerprint density at radius 2 is 0.619 bits per heavy atom. The molecule has 0 atom stereocenters. The minimum Gasteiger partial charge on any atom is -0.366 e. The first-order valence-electron chi connectivity index (χ1n) is 21.0. The van der Waals surface area contributed by atoms with Crippen molar-refractivity contribution in [3.8, 4) is 34.1 Å². The summed E-state index contributed by atoms with van der Waals surface area (Å²) in [6.45, 7) is 8.88. The molecule has 0 aromatic heterocycles. The molecule has 0 radical (unpaired) electrons. The first kappa shape index (κ1) is 47.7. The Labute approximate surface area is 409 Å². The molecule has 316 valence electrons. The molecule has 0 spiro atoms. The van der Waals surface area contributed by atoms with E-state index in [2.05, 4.69) is 222 Å². The van der Waals surface area contributed by atoms with Crippen LogP contribution in [0.25, 0.3) is 22.3 Å². The number of hydrogen-bond donors (Lipinski definition) is 0. The molecular formula is C59H50Ag2P2+2. The summed E-state index contributed by atoms with van der Waals surface area (Å²) in [5.41, 5.74) is 12.0. The van der Waals surface area contributed by atoms with Gasteiger partial charge >= 0.3 is 44.8 Å². The molecular weight excluding hydrogens is 986 g/mol. The van der Waals surface area contributed by atoms with Crippen LogP contribution in [-0.4, -0.2) is 5.90 Å². The van der Waals surface area contributed by atoms with Gasteiger partial charge < -0.3 is 12.8 Å². The monoisotopic (exact) mass is 1030 g/mol. The third kappa shape index (κ3) is 9.83. The van der Waals surface area contributed by atoms with Crippen molar-refractivity contribution >= 4 is 37.1 Å². The standard InChI is InChI=1S/C25H22P2.2C17H13.2Ag/c1-5-13-22(14-6-1)26(23-15-7-2-8-16-23)21-27(24-17-9-3-10-18-24)25-19-11-4-12-20-25;2*1-4-12-8-7-10-14-13-9-5-6-11-15(13)17(2,3)16(12)14;;/h1-20H,21H2;2*5-11H,2-3H3;;/q;2*-1;2*+1/p+2. The molecule has 0 aliphatic heterocycles. The van der Waals surface area contributed by atoms with Gasteiger partial charge in [0.05, 0.1) is 0 Å². The van der Waals surface area contributed by atoms with Crippen molar-refractivity contribution in [3.63, 3.8) is 0 Å². The maximum absolute atomic E-state index is 7.45. The van der Waals surface area contributed by atoms with E-state index < -0.39 is 15.8 Å². The average Bonchev–Trinajstić information content (AvgIpc) is 3.71. The van der Waals surface area contributed by atoms with Crippen molar-refractivity contribution in [2.45, 2.75) is 38.5 Å². The van der Waals surface area contributed by atoms with Gasteiger partial charge in [0.1, 0.15) is 37.1 Å². The topological polar surface area (TPSA) is 0 Å². The van der Waals surface area contributed by atoms with Gasteiger partial charge in [-0.15, -0.1) is 23.3 Å². The van der Waals surface area contributed by atoms with Crippen LogP contribution >= 0.6 is 15.8 Å². The maximum atomic E-state index is 7.45. The number of benzene rings is 8. The molecule has 0 fully saturated rings. The Kier molecular flexibility index (Phi) is 16.1. The Morgan fingerprint density at radius 3 is 0.921 bits per heavy atom. The quantitative estimate of drug-likeness (QED) is 0.0674. The van der Waals surface area contributed by atoms with Crippen molar-refractivity contribution in [2.24, 2.45) is 0 Å². The van der Waals surface area contributed by atoms with Crippen LogP contribution in [0.3, 0.4) is 0 Å². The summed E-state index contributed by atoms with van der Waals surface area (Å²) >= 11 is 0. The molecule has 0 N–H and O–H groups in total. The van der Waals surface area contributed by atoms with E-state index >= 15 is 0 Å². The third-order valence-electron chi connectivity index (χ3n) is 12.3. The van der Waals surface area contributed by atoms with Crippen molar-refractivity contribution < 1.29 is 44.8 Å². The molecule has 0 saturated heterocycles. The predicted octanol–water partition coefficient (Wildman–Crippen LogP) is 12.5. The van der Waals surface area contributed by atoms with Crippen LogP contribution < -0.4 is 21.2 Å². The largest absolute Gasteiger partial charge is 1.00 e. The molecule has 63 heavy (non-hydrogen) atoms. The summed E-state index contributed by atoms with van der Waals surface area (Å²) in [5, 5.41) is 6.01. The Balaban J connectivity index is 0.000000161. The third-order valence-corrected chi connectivity index (χ3v) is 19.2. The minimum atomic E-state index is -0.847. The summed E-state index contributed by atoms with van der Waals surface area (Å²) in [6, 6.07) is 73.7. The van der Waals surface area contributed by atoms with Crippen molar-refractivity contribution in [2.75, 3.05) is 5.90 Å². The van der Waals surface area contributed by atoms with Crippen molar-refractivity contribution in [1.29, 1.82) is 0 Å². The second-order valence-corrected chi connectivity index (χ2v) is 22.3. The van der Waals surface area contributed by atoms with Crippen LogP contribution in [0.2, 0.25) is 0 Å². The van der Waals surface area contributed by atoms with Gasteiger partial charge in [-0.05, 0) is 81.9 Å². The van der Waals surface area contributed by atoms with E-state index in [1.165, 1.54) is 71.6 Å². The second kappa shape index (κ2) is 21.3. The molecule has 0 saturated carbocycles. The van der Waals surface area contributed by atoms with Gasteiger partial charge in [-0.2, -0.15) is 0 Å². The zero-order valence-corrected chi connectivity index (χ0v) is 40.9. The van der Waals surface area contributed by atoms with Crippen LogP contribution in [-0.2, 0) is 55.6 Å². The molecule has 0 unspecified atom stereocenters. The fraction of sp³-hybridized carbons (Fsp3) is 0.119.